The molecule has 1 aliphatic rings. The van der Waals surface area contributed by atoms with Crippen LogP contribution in [0.5, 0.6) is 0 Å². The number of nitrogens with one attached hydrogen (secondary N) is 1. The molecule has 3 aromatic rings. The van der Waals surface area contributed by atoms with Crippen LogP contribution >= 0.6 is 0 Å². The lowest BCUT2D eigenvalue weighted by atomic mass is 9.86. The average Bonchev–Trinajstić information content (AvgIpc) is 2.83. The predicted octanol–water partition coefficient (Wildman–Crippen LogP) is 4.36. The van der Waals surface area contributed by atoms with Crippen molar-refractivity contribution in [2.24, 2.45) is 5.92 Å². The fourth-order valence-electron chi connectivity index (χ4n) is 4.06. The Hall–Kier alpha value is -3.42. The number of nitrogens with zero attached hydrogens (tertiary/aromatic N) is 3. The Kier molecular flexibility index (Phi) is 6.82. The van der Waals surface area contributed by atoms with Crippen molar-refractivity contribution in [2.75, 3.05) is 11.1 Å². The molecule has 198 valence electrons. The van der Waals surface area contributed by atoms with Gasteiger partial charge in [0.2, 0.25) is 11.8 Å². The van der Waals surface area contributed by atoms with Crippen LogP contribution in [0.4, 0.5) is 27.6 Å². The Balaban J connectivity index is 1.75. The molecule has 1 amide bonds. The van der Waals surface area contributed by atoms with E-state index in [1.54, 1.807) is 0 Å². The van der Waals surface area contributed by atoms with Gasteiger partial charge in [-0.1, -0.05) is 13.0 Å². The van der Waals surface area contributed by atoms with Crippen LogP contribution < -0.4 is 10.9 Å². The van der Waals surface area contributed by atoms with E-state index in [1.807, 2.05) is 0 Å². The number of alkyl halides is 5. The molecule has 0 saturated heterocycles. The maximum absolute atomic E-state index is 13.4. The summed E-state index contributed by atoms with van der Waals surface area (Å²) in [5, 5.41) is 6.13. The number of benzene rings is 1. The summed E-state index contributed by atoms with van der Waals surface area (Å²) in [5.74, 6) is -4.98. The first-order valence-corrected chi connectivity index (χ1v) is 12.9. The number of pyridine rings is 1. The SMILES string of the molecule is CCS(=O)(=O)c1cc(NC(=O)C2CCC(F)(F)CC2)cnc1-n1ncc2ccc(C(F)(F)F)cc2c1=O. The van der Waals surface area contributed by atoms with Crippen molar-refractivity contribution >= 4 is 32.2 Å². The van der Waals surface area contributed by atoms with Gasteiger partial charge in [0, 0.05) is 24.1 Å². The highest BCUT2D eigenvalue weighted by Gasteiger charge is 2.37. The zero-order valence-electron chi connectivity index (χ0n) is 19.3. The van der Waals surface area contributed by atoms with E-state index in [1.165, 1.54) is 6.92 Å². The van der Waals surface area contributed by atoms with E-state index in [2.05, 4.69) is 15.4 Å². The number of halogens is 5. The number of hydrogen-bond acceptors (Lipinski definition) is 6. The normalized spacial score (nSPS) is 16.6. The number of carbonyl (C=O) groups excluding carboxylic acids is 1. The Labute approximate surface area is 207 Å². The molecule has 0 radical (unpaired) electrons. The lowest BCUT2D eigenvalue weighted by Crippen LogP contribution is -2.32. The van der Waals surface area contributed by atoms with Crippen molar-refractivity contribution in [1.82, 2.24) is 14.8 Å². The minimum atomic E-state index is -4.71. The van der Waals surface area contributed by atoms with Crippen LogP contribution in [0.2, 0.25) is 0 Å². The molecule has 4 rings (SSSR count). The van der Waals surface area contributed by atoms with Crippen LogP contribution in [0.15, 0.2) is 46.3 Å². The van der Waals surface area contributed by atoms with Gasteiger partial charge in [-0.05, 0) is 31.0 Å². The third kappa shape index (κ3) is 5.48. The maximum atomic E-state index is 13.4. The van der Waals surface area contributed by atoms with Crippen molar-refractivity contribution in [3.63, 3.8) is 0 Å². The predicted molar refractivity (Wildman–Crippen MR) is 123 cm³/mol. The Bertz CT molecular complexity index is 1530. The molecular formula is C23H21F5N4O4S. The Morgan fingerprint density at radius 2 is 1.84 bits per heavy atom. The average molecular weight is 545 g/mol. The molecule has 1 fully saturated rings. The van der Waals surface area contributed by atoms with Gasteiger partial charge in [-0.25, -0.2) is 22.2 Å². The van der Waals surface area contributed by atoms with Gasteiger partial charge in [0.25, 0.3) is 5.56 Å². The summed E-state index contributed by atoms with van der Waals surface area (Å²) in [4.78, 5) is 29.2. The van der Waals surface area contributed by atoms with Crippen molar-refractivity contribution in [2.45, 2.75) is 49.6 Å². The summed E-state index contributed by atoms with van der Waals surface area (Å²) >= 11 is 0. The second-order valence-electron chi connectivity index (χ2n) is 8.73. The molecule has 0 unspecified atom stereocenters. The molecule has 1 saturated carbocycles. The summed E-state index contributed by atoms with van der Waals surface area (Å²) in [6.45, 7) is 1.33. The Morgan fingerprint density at radius 1 is 1.16 bits per heavy atom. The monoisotopic (exact) mass is 544 g/mol. The van der Waals surface area contributed by atoms with E-state index in [0.29, 0.717) is 10.7 Å². The fraction of sp³-hybridized carbons (Fsp3) is 0.391. The van der Waals surface area contributed by atoms with Gasteiger partial charge in [-0.2, -0.15) is 23.0 Å². The molecular weight excluding hydrogens is 523 g/mol. The van der Waals surface area contributed by atoms with Gasteiger partial charge < -0.3 is 5.32 Å². The molecule has 14 heteroatoms. The van der Waals surface area contributed by atoms with E-state index >= 15 is 0 Å². The molecule has 0 bridgehead atoms. The van der Waals surface area contributed by atoms with Crippen LogP contribution in [0.25, 0.3) is 16.6 Å². The highest BCUT2D eigenvalue weighted by molar-refractivity contribution is 7.91. The number of anilines is 1. The molecule has 37 heavy (non-hydrogen) atoms. The van der Waals surface area contributed by atoms with E-state index in [4.69, 9.17) is 0 Å². The number of carbonyl (C=O) groups is 1. The van der Waals surface area contributed by atoms with E-state index in [9.17, 15) is 40.0 Å². The highest BCUT2D eigenvalue weighted by Crippen LogP contribution is 2.37. The number of amides is 1. The number of sulfone groups is 1. The first kappa shape index (κ1) is 26.6. The zero-order chi connectivity index (χ0) is 27.2. The number of aromatic nitrogens is 3. The van der Waals surface area contributed by atoms with E-state index < -0.39 is 74.2 Å². The lowest BCUT2D eigenvalue weighted by molar-refractivity contribution is -0.137. The van der Waals surface area contributed by atoms with Gasteiger partial charge in [0.05, 0.1) is 34.8 Å². The minimum absolute atomic E-state index is 0.0409. The second kappa shape index (κ2) is 9.47. The van der Waals surface area contributed by atoms with Gasteiger partial charge in [0.15, 0.2) is 15.7 Å². The molecule has 0 atom stereocenters. The molecule has 8 nitrogen and oxygen atoms in total. The molecule has 1 aliphatic carbocycles. The first-order valence-electron chi connectivity index (χ1n) is 11.2. The van der Waals surface area contributed by atoms with Crippen LogP contribution in [-0.4, -0.2) is 40.8 Å². The van der Waals surface area contributed by atoms with Crippen LogP contribution in [-0.2, 0) is 20.8 Å². The molecule has 1 N–H and O–H groups in total. The first-order chi connectivity index (χ1) is 17.2. The van der Waals surface area contributed by atoms with Gasteiger partial charge in [-0.15, -0.1) is 0 Å². The minimum Gasteiger partial charge on any atom is -0.324 e. The van der Waals surface area contributed by atoms with Crippen LogP contribution in [0.1, 0.15) is 38.2 Å². The highest BCUT2D eigenvalue weighted by atomic mass is 32.2. The van der Waals surface area contributed by atoms with Crippen LogP contribution in [0.3, 0.4) is 0 Å². The standard InChI is InChI=1S/C23H21F5N4O4S/c1-2-37(35,36)18-10-16(31-20(33)13-5-7-22(24,25)8-6-13)12-29-19(18)32-21(34)17-9-15(23(26,27)28)4-3-14(17)11-30-32/h3-4,9-13H,2,5-8H2,1H3,(H,31,33). The maximum Gasteiger partial charge on any atom is 0.416 e. The van der Waals surface area contributed by atoms with Gasteiger partial charge >= 0.3 is 6.18 Å². The molecule has 2 aromatic heterocycles. The Morgan fingerprint density at radius 3 is 2.46 bits per heavy atom. The topological polar surface area (TPSA) is 111 Å². The molecule has 2 heterocycles. The van der Waals surface area contributed by atoms with Gasteiger partial charge in [0.1, 0.15) is 4.90 Å². The van der Waals surface area contributed by atoms with Crippen molar-refractivity contribution in [3.8, 4) is 5.82 Å². The molecule has 0 aliphatic heterocycles. The third-order valence-corrected chi connectivity index (χ3v) is 7.95. The largest absolute Gasteiger partial charge is 0.416 e. The number of hydrogen-bond donors (Lipinski definition) is 1. The summed E-state index contributed by atoms with van der Waals surface area (Å²) in [7, 11) is -4.07. The zero-order valence-corrected chi connectivity index (χ0v) is 20.2. The summed E-state index contributed by atoms with van der Waals surface area (Å²) in [6, 6.07) is 3.57. The summed E-state index contributed by atoms with van der Waals surface area (Å²) in [5.41, 5.74) is -2.14. The molecule has 1 aromatic carbocycles. The number of rotatable bonds is 5. The van der Waals surface area contributed by atoms with Gasteiger partial charge in [-0.3, -0.25) is 9.59 Å². The number of fused-ring (bicyclic) bond motifs is 1. The fourth-order valence-corrected chi connectivity index (χ4v) is 5.10. The summed E-state index contributed by atoms with van der Waals surface area (Å²) in [6.07, 6.45) is -3.51. The van der Waals surface area contributed by atoms with Crippen molar-refractivity contribution in [3.05, 3.63) is 52.6 Å². The van der Waals surface area contributed by atoms with E-state index in [0.717, 1.165) is 30.6 Å². The summed E-state index contributed by atoms with van der Waals surface area (Å²) < 4.78 is 92.6. The molecule has 0 spiro atoms. The van der Waals surface area contributed by atoms with Crippen molar-refractivity contribution in [1.29, 1.82) is 0 Å². The van der Waals surface area contributed by atoms with Crippen molar-refractivity contribution < 1.29 is 35.2 Å². The second-order valence-corrected chi connectivity index (χ2v) is 11.0. The van der Waals surface area contributed by atoms with Crippen LogP contribution in [0, 0.1) is 5.92 Å². The van der Waals surface area contributed by atoms with E-state index in [-0.39, 0.29) is 29.3 Å². The lowest BCUT2D eigenvalue weighted by Gasteiger charge is -2.27. The third-order valence-electron chi connectivity index (χ3n) is 6.22. The quantitative estimate of drug-likeness (QED) is 0.478. The smallest absolute Gasteiger partial charge is 0.324 e.